The first-order chi connectivity index (χ1) is 9.56. The minimum Gasteiger partial charge on any atom is -0.311 e. The number of amides is 1. The number of aryl methyl sites for hydroxylation is 1. The highest BCUT2D eigenvalue weighted by atomic mass is 79.9. The number of benzene rings is 2. The van der Waals surface area contributed by atoms with Crippen LogP contribution in [0.25, 0.3) is 11.6 Å². The Kier molecular flexibility index (Phi) is 3.22. The molecule has 0 bridgehead atoms. The quantitative estimate of drug-likeness (QED) is 0.716. The molecule has 3 rings (SSSR count). The van der Waals surface area contributed by atoms with Crippen molar-refractivity contribution in [3.8, 4) is 0 Å². The van der Waals surface area contributed by atoms with Gasteiger partial charge < -0.3 is 4.90 Å². The van der Waals surface area contributed by atoms with Crippen LogP contribution in [0.1, 0.15) is 16.7 Å². The summed E-state index contributed by atoms with van der Waals surface area (Å²) in [7, 11) is 1.81. The van der Waals surface area contributed by atoms with Crippen molar-refractivity contribution in [1.29, 1.82) is 0 Å². The van der Waals surface area contributed by atoms with E-state index in [4.69, 9.17) is 0 Å². The summed E-state index contributed by atoms with van der Waals surface area (Å²) < 4.78 is 0.981. The van der Waals surface area contributed by atoms with Gasteiger partial charge in [-0.2, -0.15) is 0 Å². The molecule has 100 valence electrons. The van der Waals surface area contributed by atoms with Crippen molar-refractivity contribution in [3.05, 3.63) is 63.6 Å². The van der Waals surface area contributed by atoms with Crippen molar-refractivity contribution >= 4 is 39.2 Å². The van der Waals surface area contributed by atoms with Crippen LogP contribution in [0.5, 0.6) is 0 Å². The highest BCUT2D eigenvalue weighted by Gasteiger charge is 2.29. The van der Waals surface area contributed by atoms with Gasteiger partial charge >= 0.3 is 0 Å². The Labute approximate surface area is 126 Å². The monoisotopic (exact) mass is 327 g/mol. The van der Waals surface area contributed by atoms with Crippen LogP contribution in [0.4, 0.5) is 5.69 Å². The molecule has 0 radical (unpaired) electrons. The van der Waals surface area contributed by atoms with Crippen LogP contribution in [0.3, 0.4) is 0 Å². The molecule has 3 heteroatoms. The van der Waals surface area contributed by atoms with Gasteiger partial charge in [-0.3, -0.25) is 4.79 Å². The summed E-state index contributed by atoms with van der Waals surface area (Å²) in [5.41, 5.74) is 4.92. The van der Waals surface area contributed by atoms with E-state index in [1.165, 1.54) is 5.56 Å². The Morgan fingerprint density at radius 2 is 1.95 bits per heavy atom. The van der Waals surface area contributed by atoms with Gasteiger partial charge in [0.25, 0.3) is 5.91 Å². The second-order valence-electron chi connectivity index (χ2n) is 5.00. The lowest BCUT2D eigenvalue weighted by molar-refractivity contribution is -0.112. The summed E-state index contributed by atoms with van der Waals surface area (Å²) in [6, 6.07) is 14.1. The number of carbonyl (C=O) groups is 1. The Hall–Kier alpha value is -1.87. The molecule has 20 heavy (non-hydrogen) atoms. The Bertz CT molecular complexity index is 734. The lowest BCUT2D eigenvalue weighted by atomic mass is 10.0. The molecule has 0 spiro atoms. The van der Waals surface area contributed by atoms with Crippen LogP contribution in [0.15, 0.2) is 46.9 Å². The zero-order valence-corrected chi connectivity index (χ0v) is 12.9. The van der Waals surface area contributed by atoms with Gasteiger partial charge in [-0.05, 0) is 36.8 Å². The van der Waals surface area contributed by atoms with E-state index in [1.54, 1.807) is 4.90 Å². The number of likely N-dealkylation sites (N-methyl/N-ethyl adjacent to an activating group) is 1. The van der Waals surface area contributed by atoms with Gasteiger partial charge in [-0.1, -0.05) is 45.8 Å². The molecular formula is C17H14BrNO. The largest absolute Gasteiger partial charge is 0.311 e. The van der Waals surface area contributed by atoms with E-state index in [9.17, 15) is 4.79 Å². The smallest absolute Gasteiger partial charge is 0.258 e. The predicted molar refractivity (Wildman–Crippen MR) is 86.6 cm³/mol. The van der Waals surface area contributed by atoms with Gasteiger partial charge in [0.05, 0.1) is 5.69 Å². The standard InChI is InChI=1S/C17H14BrNO/c1-11-4-3-5-12(8-11)9-15-14-10-13(18)6-7-16(14)19(2)17(15)20/h3-10H,1-2H3. The molecule has 1 heterocycles. The second-order valence-corrected chi connectivity index (χ2v) is 5.91. The summed E-state index contributed by atoms with van der Waals surface area (Å²) in [5, 5.41) is 0. The molecule has 2 nitrogen and oxygen atoms in total. The van der Waals surface area contributed by atoms with E-state index < -0.39 is 0 Å². The Morgan fingerprint density at radius 1 is 1.15 bits per heavy atom. The van der Waals surface area contributed by atoms with Gasteiger partial charge in [0.1, 0.15) is 0 Å². The van der Waals surface area contributed by atoms with Gasteiger partial charge in [-0.15, -0.1) is 0 Å². The normalized spacial score (nSPS) is 15.8. The number of anilines is 1. The van der Waals surface area contributed by atoms with E-state index in [0.717, 1.165) is 26.9 Å². The van der Waals surface area contributed by atoms with Crippen molar-refractivity contribution in [1.82, 2.24) is 0 Å². The SMILES string of the molecule is Cc1cccc(C=C2C(=O)N(C)c3ccc(Br)cc32)c1. The van der Waals surface area contributed by atoms with Crippen molar-refractivity contribution in [2.45, 2.75) is 6.92 Å². The number of halogens is 1. The number of fused-ring (bicyclic) bond motifs is 1. The first-order valence-corrected chi connectivity index (χ1v) is 7.22. The molecule has 2 aromatic rings. The predicted octanol–water partition coefficient (Wildman–Crippen LogP) is 4.27. The maximum atomic E-state index is 12.4. The van der Waals surface area contributed by atoms with Crippen molar-refractivity contribution in [2.24, 2.45) is 0 Å². The topological polar surface area (TPSA) is 20.3 Å². The summed E-state index contributed by atoms with van der Waals surface area (Å²) in [6.07, 6.45) is 1.96. The molecule has 2 aromatic carbocycles. The molecule has 0 N–H and O–H groups in total. The third kappa shape index (κ3) is 2.18. The summed E-state index contributed by atoms with van der Waals surface area (Å²) in [6.45, 7) is 2.05. The molecule has 1 aliphatic rings. The zero-order valence-electron chi connectivity index (χ0n) is 11.4. The number of nitrogens with zero attached hydrogens (tertiary/aromatic N) is 1. The first-order valence-electron chi connectivity index (χ1n) is 6.42. The van der Waals surface area contributed by atoms with E-state index in [2.05, 4.69) is 35.0 Å². The molecule has 0 atom stereocenters. The van der Waals surface area contributed by atoms with Gasteiger partial charge in [-0.25, -0.2) is 0 Å². The van der Waals surface area contributed by atoms with Crippen molar-refractivity contribution < 1.29 is 4.79 Å². The fourth-order valence-corrected chi connectivity index (χ4v) is 2.85. The number of carbonyl (C=O) groups excluding carboxylic acids is 1. The fourth-order valence-electron chi connectivity index (χ4n) is 2.49. The van der Waals surface area contributed by atoms with Gasteiger partial charge in [0, 0.05) is 22.7 Å². The third-order valence-corrected chi connectivity index (χ3v) is 3.99. The summed E-state index contributed by atoms with van der Waals surface area (Å²) >= 11 is 3.47. The molecule has 1 amide bonds. The molecule has 1 aliphatic heterocycles. The molecule has 0 aliphatic carbocycles. The van der Waals surface area contributed by atoms with E-state index >= 15 is 0 Å². The average Bonchev–Trinajstić information content (AvgIpc) is 2.64. The first kappa shape index (κ1) is 13.1. The van der Waals surface area contributed by atoms with Crippen molar-refractivity contribution in [3.63, 3.8) is 0 Å². The zero-order chi connectivity index (χ0) is 14.3. The molecule has 0 unspecified atom stereocenters. The van der Waals surface area contributed by atoms with Gasteiger partial charge in [0.15, 0.2) is 0 Å². The average molecular weight is 328 g/mol. The molecule has 0 fully saturated rings. The lowest BCUT2D eigenvalue weighted by Crippen LogP contribution is -2.20. The van der Waals surface area contributed by atoms with E-state index in [1.807, 2.05) is 43.5 Å². The van der Waals surface area contributed by atoms with Crippen LogP contribution >= 0.6 is 15.9 Å². The highest BCUT2D eigenvalue weighted by molar-refractivity contribution is 9.10. The maximum Gasteiger partial charge on any atom is 0.258 e. The minimum absolute atomic E-state index is 0.0413. The summed E-state index contributed by atoms with van der Waals surface area (Å²) in [5.74, 6) is 0.0413. The second kappa shape index (κ2) is 4.91. The Balaban J connectivity index is 2.15. The van der Waals surface area contributed by atoms with E-state index in [0.29, 0.717) is 0 Å². The number of hydrogen-bond donors (Lipinski definition) is 0. The Morgan fingerprint density at radius 3 is 2.70 bits per heavy atom. The van der Waals surface area contributed by atoms with Crippen LogP contribution in [0, 0.1) is 6.92 Å². The fraction of sp³-hybridized carbons (Fsp3) is 0.118. The number of rotatable bonds is 1. The van der Waals surface area contributed by atoms with Crippen LogP contribution in [0.2, 0.25) is 0 Å². The molecular weight excluding hydrogens is 314 g/mol. The van der Waals surface area contributed by atoms with E-state index in [-0.39, 0.29) is 5.91 Å². The lowest BCUT2D eigenvalue weighted by Gasteiger charge is -2.08. The maximum absolute atomic E-state index is 12.4. The van der Waals surface area contributed by atoms with Crippen LogP contribution < -0.4 is 4.90 Å². The highest BCUT2D eigenvalue weighted by Crippen LogP contribution is 2.38. The third-order valence-electron chi connectivity index (χ3n) is 3.50. The molecule has 0 aromatic heterocycles. The number of hydrogen-bond acceptors (Lipinski definition) is 1. The molecule has 0 saturated heterocycles. The van der Waals surface area contributed by atoms with Crippen LogP contribution in [-0.4, -0.2) is 13.0 Å². The van der Waals surface area contributed by atoms with Crippen molar-refractivity contribution in [2.75, 3.05) is 11.9 Å². The minimum atomic E-state index is 0.0413. The van der Waals surface area contributed by atoms with Gasteiger partial charge in [0.2, 0.25) is 0 Å². The summed E-state index contributed by atoms with van der Waals surface area (Å²) in [4.78, 5) is 14.1. The molecule has 0 saturated carbocycles. The van der Waals surface area contributed by atoms with Crippen LogP contribution in [-0.2, 0) is 4.79 Å².